The molecule has 5 heteroatoms. The molecule has 1 atom stereocenters. The van der Waals surface area contributed by atoms with Gasteiger partial charge in [0.1, 0.15) is 6.33 Å². The minimum Gasteiger partial charge on any atom is -0.272 e. The van der Waals surface area contributed by atoms with Gasteiger partial charge in [-0.1, -0.05) is 68.4 Å². The Morgan fingerprint density at radius 3 is 2.61 bits per heavy atom. The normalized spacial score (nSPS) is 18.1. The molecule has 1 aliphatic carbocycles. The topological polar surface area (TPSA) is 52.2 Å². The van der Waals surface area contributed by atoms with Crippen LogP contribution in [0.5, 0.6) is 0 Å². The highest BCUT2D eigenvalue weighted by molar-refractivity contribution is 5.73. The molecule has 2 heterocycles. The zero-order valence-corrected chi connectivity index (χ0v) is 16.1. The fourth-order valence-corrected chi connectivity index (χ4v) is 4.45. The largest absolute Gasteiger partial charge is 0.272 e. The molecule has 0 saturated carbocycles. The van der Waals surface area contributed by atoms with Crippen molar-refractivity contribution in [3.63, 3.8) is 0 Å². The number of hydrogen-bond donors (Lipinski definition) is 0. The minimum absolute atomic E-state index is 0.0400. The second-order valence-electron chi connectivity index (χ2n) is 7.85. The third kappa shape index (κ3) is 2.35. The van der Waals surface area contributed by atoms with E-state index in [4.69, 9.17) is 0 Å². The first kappa shape index (κ1) is 16.9. The zero-order chi connectivity index (χ0) is 19.3. The van der Waals surface area contributed by atoms with Crippen LogP contribution in [0.4, 0.5) is 0 Å². The number of hydrogen-bond acceptors (Lipinski definition) is 3. The van der Waals surface area contributed by atoms with Crippen LogP contribution in [0.25, 0.3) is 17.0 Å². The first-order valence-electron chi connectivity index (χ1n) is 9.71. The lowest BCUT2D eigenvalue weighted by Gasteiger charge is -2.36. The molecule has 5 nitrogen and oxygen atoms in total. The predicted molar refractivity (Wildman–Crippen MR) is 110 cm³/mol. The summed E-state index contributed by atoms with van der Waals surface area (Å²) in [4.78, 5) is 13.8. The van der Waals surface area contributed by atoms with Crippen molar-refractivity contribution >= 4 is 5.78 Å². The van der Waals surface area contributed by atoms with Crippen molar-refractivity contribution in [2.24, 2.45) is 0 Å². The smallest absolute Gasteiger partial charge is 0.259 e. The molecule has 2 aromatic carbocycles. The van der Waals surface area contributed by atoms with Crippen LogP contribution in [0.3, 0.4) is 0 Å². The Balaban J connectivity index is 1.87. The first-order valence-corrected chi connectivity index (χ1v) is 9.71. The molecule has 0 spiro atoms. The molecule has 0 radical (unpaired) electrons. The summed E-state index contributed by atoms with van der Waals surface area (Å²) in [7, 11) is 0. The molecule has 2 aromatic heterocycles. The van der Waals surface area contributed by atoms with Gasteiger partial charge in [-0.3, -0.25) is 13.8 Å². The maximum atomic E-state index is 13.8. The highest BCUT2D eigenvalue weighted by Crippen LogP contribution is 2.43. The molecule has 1 aliphatic rings. The third-order valence-electron chi connectivity index (χ3n) is 6.13. The van der Waals surface area contributed by atoms with E-state index in [0.29, 0.717) is 12.3 Å². The van der Waals surface area contributed by atoms with Crippen molar-refractivity contribution in [1.82, 2.24) is 19.2 Å². The molecular weight excluding hydrogens is 348 g/mol. The van der Waals surface area contributed by atoms with Crippen molar-refractivity contribution in [2.45, 2.75) is 38.6 Å². The fourth-order valence-electron chi connectivity index (χ4n) is 4.45. The van der Waals surface area contributed by atoms with Crippen LogP contribution in [-0.4, -0.2) is 19.2 Å². The van der Waals surface area contributed by atoms with Gasteiger partial charge in [0.25, 0.3) is 5.56 Å². The molecule has 0 amide bonds. The maximum Gasteiger partial charge on any atom is 0.259 e. The lowest BCUT2D eigenvalue weighted by Crippen LogP contribution is -2.40. The van der Waals surface area contributed by atoms with Crippen molar-refractivity contribution in [2.75, 3.05) is 0 Å². The van der Waals surface area contributed by atoms with E-state index < -0.39 is 0 Å². The second kappa shape index (κ2) is 6.16. The third-order valence-corrected chi connectivity index (χ3v) is 6.13. The molecule has 28 heavy (non-hydrogen) atoms. The van der Waals surface area contributed by atoms with Crippen LogP contribution in [-0.2, 0) is 18.4 Å². The van der Waals surface area contributed by atoms with Gasteiger partial charge in [0.2, 0.25) is 5.78 Å². The fraction of sp³-hybridized carbons (Fsp3) is 0.261. The van der Waals surface area contributed by atoms with Gasteiger partial charge in [-0.15, -0.1) is 10.2 Å². The summed E-state index contributed by atoms with van der Waals surface area (Å²) in [6, 6.07) is 18.4. The van der Waals surface area contributed by atoms with Gasteiger partial charge >= 0.3 is 0 Å². The lowest BCUT2D eigenvalue weighted by molar-refractivity contribution is 0.435. The van der Waals surface area contributed by atoms with Crippen molar-refractivity contribution in [3.8, 4) is 11.3 Å². The van der Waals surface area contributed by atoms with E-state index in [2.05, 4.69) is 42.2 Å². The molecular formula is C23H22N4O. The van der Waals surface area contributed by atoms with Gasteiger partial charge in [0.15, 0.2) is 0 Å². The first-order chi connectivity index (χ1) is 13.6. The van der Waals surface area contributed by atoms with E-state index in [-0.39, 0.29) is 11.0 Å². The quantitative estimate of drug-likeness (QED) is 0.551. The SMILES string of the molecule is CC[C@]1(C)Cc2ccccc2-c2c1c(=O)n(Cc1ccccc1)c1nncn21. The predicted octanol–water partition coefficient (Wildman–Crippen LogP) is 3.83. The van der Waals surface area contributed by atoms with E-state index in [9.17, 15) is 4.79 Å². The number of benzene rings is 2. The second-order valence-corrected chi connectivity index (χ2v) is 7.85. The summed E-state index contributed by atoms with van der Waals surface area (Å²) in [6.07, 6.45) is 3.48. The molecule has 0 aliphatic heterocycles. The Kier molecular flexibility index (Phi) is 3.72. The lowest BCUT2D eigenvalue weighted by atomic mass is 9.69. The Morgan fingerprint density at radius 2 is 1.82 bits per heavy atom. The summed E-state index contributed by atoms with van der Waals surface area (Å²) in [5.74, 6) is 0.586. The number of nitrogens with zero attached hydrogens (tertiary/aromatic N) is 4. The van der Waals surface area contributed by atoms with Gasteiger partial charge in [0.05, 0.1) is 12.2 Å². The average molecular weight is 370 g/mol. The van der Waals surface area contributed by atoms with Gasteiger partial charge < -0.3 is 0 Å². The number of fused-ring (bicyclic) bond motifs is 5. The maximum absolute atomic E-state index is 13.8. The van der Waals surface area contributed by atoms with Crippen LogP contribution in [0.1, 0.15) is 37.0 Å². The molecule has 4 aromatic rings. The Labute approximate surface area is 163 Å². The number of rotatable bonds is 3. The van der Waals surface area contributed by atoms with Crippen LogP contribution in [0, 0.1) is 0 Å². The van der Waals surface area contributed by atoms with Crippen LogP contribution in [0.15, 0.2) is 65.7 Å². The summed E-state index contributed by atoms with van der Waals surface area (Å²) >= 11 is 0. The summed E-state index contributed by atoms with van der Waals surface area (Å²) in [6.45, 7) is 4.85. The van der Waals surface area contributed by atoms with Gasteiger partial charge in [-0.05, 0) is 24.0 Å². The zero-order valence-electron chi connectivity index (χ0n) is 16.1. The van der Waals surface area contributed by atoms with Crippen LogP contribution in [0.2, 0.25) is 0 Å². The monoisotopic (exact) mass is 370 g/mol. The molecule has 0 unspecified atom stereocenters. The van der Waals surface area contributed by atoms with E-state index >= 15 is 0 Å². The van der Waals surface area contributed by atoms with Crippen molar-refractivity contribution in [3.05, 3.63) is 88.0 Å². The molecule has 0 fully saturated rings. The summed E-state index contributed by atoms with van der Waals surface area (Å²) in [5, 5.41) is 8.46. The Hall–Kier alpha value is -3.21. The van der Waals surface area contributed by atoms with E-state index in [0.717, 1.165) is 35.2 Å². The van der Waals surface area contributed by atoms with E-state index in [1.807, 2.05) is 40.8 Å². The minimum atomic E-state index is -0.225. The van der Waals surface area contributed by atoms with Gasteiger partial charge in [0, 0.05) is 16.5 Å². The molecule has 0 bridgehead atoms. The standard InChI is InChI=1S/C23H22N4O/c1-3-23(2)13-17-11-7-8-12-18(17)20-19(23)21(28)26(22-25-24-15-27(20)22)14-16-9-5-4-6-10-16/h4-12,15H,3,13-14H2,1-2H3/t23-/m1/s1. The molecule has 5 rings (SSSR count). The van der Waals surface area contributed by atoms with E-state index in [1.165, 1.54) is 5.56 Å². The van der Waals surface area contributed by atoms with Crippen molar-refractivity contribution in [1.29, 1.82) is 0 Å². The summed E-state index contributed by atoms with van der Waals surface area (Å²) in [5.41, 5.74) is 5.09. The summed E-state index contributed by atoms with van der Waals surface area (Å²) < 4.78 is 3.76. The number of aromatic nitrogens is 4. The molecule has 0 saturated heterocycles. The van der Waals surface area contributed by atoms with E-state index in [1.54, 1.807) is 10.9 Å². The Bertz CT molecular complexity index is 1240. The van der Waals surface area contributed by atoms with Crippen LogP contribution < -0.4 is 5.56 Å². The Morgan fingerprint density at radius 1 is 1.07 bits per heavy atom. The average Bonchev–Trinajstić information content (AvgIpc) is 3.21. The van der Waals surface area contributed by atoms with Crippen molar-refractivity contribution < 1.29 is 0 Å². The van der Waals surface area contributed by atoms with Crippen LogP contribution >= 0.6 is 0 Å². The molecule has 140 valence electrons. The molecule has 0 N–H and O–H groups in total. The highest BCUT2D eigenvalue weighted by Gasteiger charge is 2.38. The highest BCUT2D eigenvalue weighted by atomic mass is 16.1. The van der Waals surface area contributed by atoms with Gasteiger partial charge in [-0.25, -0.2) is 0 Å². The van der Waals surface area contributed by atoms with Gasteiger partial charge in [-0.2, -0.15) is 0 Å².